The Labute approximate surface area is 226 Å². The van der Waals surface area contributed by atoms with Crippen molar-refractivity contribution in [2.24, 2.45) is 5.41 Å². The number of nitrogens with zero attached hydrogens (tertiary/aromatic N) is 2. The summed E-state index contributed by atoms with van der Waals surface area (Å²) in [6.45, 7) is 5.48. The molecule has 0 saturated carbocycles. The third-order valence-corrected chi connectivity index (χ3v) is 8.25. The molecule has 11 heteroatoms. The Morgan fingerprint density at radius 1 is 1.05 bits per heavy atom. The van der Waals surface area contributed by atoms with Gasteiger partial charge < -0.3 is 20.4 Å². The number of carbonyl (C=O) groups is 2. The van der Waals surface area contributed by atoms with E-state index in [1.807, 2.05) is 43.4 Å². The number of piperidine rings is 1. The molecule has 2 aromatic rings. The van der Waals surface area contributed by atoms with Gasteiger partial charge in [0.15, 0.2) is 11.6 Å². The Morgan fingerprint density at radius 3 is 2.32 bits per heavy atom. The number of carboxylic acid groups (broad SMARTS) is 1. The zero-order valence-corrected chi connectivity index (χ0v) is 22.9. The van der Waals surface area contributed by atoms with Gasteiger partial charge in [0.2, 0.25) is 0 Å². The van der Waals surface area contributed by atoms with Crippen LogP contribution in [-0.4, -0.2) is 62.8 Å². The van der Waals surface area contributed by atoms with Crippen LogP contribution < -0.4 is 5.32 Å². The standard InChI is InChI=1S/C26H29F3IN3O4/c1-24(2,3)26(10-4-5-11-33(26)23(35)36)25(37)13-32(14-25)22(34)16-7-8-17(27)20(29)21(16)31-19-9-6-15(30)12-18(19)28/h6-9,12,31,37H,4-5,10-11,13-14H2,1-3H3,(H,35,36)/t26-/m0/s1. The number of anilines is 2. The normalized spacial score (nSPS) is 21.4. The SMILES string of the molecule is CC(C)(C)[C@]1(C2(O)CN(C(=O)c3ccc(F)c(F)c3Nc3ccc(I)cc3F)C2)CCCCN1C(=O)O. The molecule has 0 aromatic heterocycles. The highest BCUT2D eigenvalue weighted by atomic mass is 127. The highest BCUT2D eigenvalue weighted by Gasteiger charge is 2.67. The van der Waals surface area contributed by atoms with E-state index in [1.54, 1.807) is 6.07 Å². The summed E-state index contributed by atoms with van der Waals surface area (Å²) < 4.78 is 44.0. The zero-order chi connectivity index (χ0) is 27.3. The summed E-state index contributed by atoms with van der Waals surface area (Å²) in [5.74, 6) is -3.95. The number of β-amino-alcohol motifs (C(OH)–C–C–N with tert-alkyl or cyclic N) is 1. The van der Waals surface area contributed by atoms with E-state index in [0.29, 0.717) is 16.4 Å². The van der Waals surface area contributed by atoms with Crippen molar-refractivity contribution in [1.29, 1.82) is 0 Å². The van der Waals surface area contributed by atoms with Crippen LogP contribution in [-0.2, 0) is 0 Å². The Balaban J connectivity index is 1.66. The highest BCUT2D eigenvalue weighted by molar-refractivity contribution is 14.1. The minimum absolute atomic E-state index is 0.134. The van der Waals surface area contributed by atoms with E-state index in [1.165, 1.54) is 21.9 Å². The molecule has 2 fully saturated rings. The Kier molecular flexibility index (Phi) is 7.17. The van der Waals surface area contributed by atoms with Crippen LogP contribution in [0, 0.1) is 26.4 Å². The lowest BCUT2D eigenvalue weighted by atomic mass is 9.56. The topological polar surface area (TPSA) is 93.1 Å². The van der Waals surface area contributed by atoms with Crippen LogP contribution in [0.4, 0.5) is 29.3 Å². The van der Waals surface area contributed by atoms with E-state index in [-0.39, 0.29) is 30.9 Å². The van der Waals surface area contributed by atoms with Crippen LogP contribution in [0.3, 0.4) is 0 Å². The highest BCUT2D eigenvalue weighted by Crippen LogP contribution is 2.52. The number of aliphatic hydroxyl groups is 1. The molecule has 37 heavy (non-hydrogen) atoms. The van der Waals surface area contributed by atoms with E-state index < -0.39 is 51.7 Å². The van der Waals surface area contributed by atoms with Crippen LogP contribution >= 0.6 is 22.6 Å². The predicted octanol–water partition coefficient (Wildman–Crippen LogP) is 5.59. The number of amides is 2. The Bertz CT molecular complexity index is 1250. The summed E-state index contributed by atoms with van der Waals surface area (Å²) in [5, 5.41) is 24.2. The van der Waals surface area contributed by atoms with Crippen molar-refractivity contribution in [1.82, 2.24) is 9.80 Å². The molecule has 0 bridgehead atoms. The third kappa shape index (κ3) is 4.53. The quantitative estimate of drug-likeness (QED) is 0.383. The second-order valence-electron chi connectivity index (χ2n) is 10.7. The van der Waals surface area contributed by atoms with Crippen LogP contribution in [0.25, 0.3) is 0 Å². The minimum atomic E-state index is -1.55. The molecule has 2 amide bonds. The van der Waals surface area contributed by atoms with Crippen LogP contribution in [0.2, 0.25) is 0 Å². The van der Waals surface area contributed by atoms with Gasteiger partial charge in [-0.2, -0.15) is 0 Å². The number of benzene rings is 2. The predicted molar refractivity (Wildman–Crippen MR) is 140 cm³/mol. The average Bonchev–Trinajstić information content (AvgIpc) is 2.80. The maximum absolute atomic E-state index is 14.9. The number of nitrogens with one attached hydrogen (secondary N) is 1. The molecule has 2 saturated heterocycles. The van der Waals surface area contributed by atoms with Crippen molar-refractivity contribution in [3.8, 4) is 0 Å². The number of halogens is 4. The molecule has 0 radical (unpaired) electrons. The second-order valence-corrected chi connectivity index (χ2v) is 12.0. The molecule has 3 N–H and O–H groups in total. The molecule has 2 aliphatic heterocycles. The van der Waals surface area contributed by atoms with Crippen molar-refractivity contribution >= 4 is 46.0 Å². The fourth-order valence-electron chi connectivity index (χ4n) is 5.93. The summed E-state index contributed by atoms with van der Waals surface area (Å²) in [4.78, 5) is 28.2. The van der Waals surface area contributed by atoms with Gasteiger partial charge in [-0.1, -0.05) is 20.8 Å². The van der Waals surface area contributed by atoms with Crippen molar-refractivity contribution in [2.75, 3.05) is 25.0 Å². The summed E-state index contributed by atoms with van der Waals surface area (Å²) in [6.07, 6.45) is 0.670. The third-order valence-electron chi connectivity index (χ3n) is 7.58. The minimum Gasteiger partial charge on any atom is -0.465 e. The first-order valence-corrected chi connectivity index (χ1v) is 13.0. The first-order valence-electron chi connectivity index (χ1n) is 11.9. The van der Waals surface area contributed by atoms with E-state index in [9.17, 15) is 33.0 Å². The largest absolute Gasteiger partial charge is 0.465 e. The first kappa shape index (κ1) is 27.5. The fourth-order valence-corrected chi connectivity index (χ4v) is 6.39. The van der Waals surface area contributed by atoms with Gasteiger partial charge in [-0.05, 0) is 77.6 Å². The summed E-state index contributed by atoms with van der Waals surface area (Å²) in [6, 6.07) is 6.06. The first-order chi connectivity index (χ1) is 17.2. The number of likely N-dealkylation sites (tertiary alicyclic amines) is 2. The van der Waals surface area contributed by atoms with E-state index in [2.05, 4.69) is 5.32 Å². The molecule has 2 heterocycles. The van der Waals surface area contributed by atoms with E-state index in [4.69, 9.17) is 0 Å². The van der Waals surface area contributed by atoms with Crippen molar-refractivity contribution in [3.05, 3.63) is 56.9 Å². The molecule has 0 aliphatic carbocycles. The molecule has 2 aromatic carbocycles. The van der Waals surface area contributed by atoms with Gasteiger partial charge in [0.25, 0.3) is 5.91 Å². The number of hydrogen-bond acceptors (Lipinski definition) is 4. The molecular weight excluding hydrogens is 602 g/mol. The molecule has 4 rings (SSSR count). The van der Waals surface area contributed by atoms with Crippen LogP contribution in [0.15, 0.2) is 30.3 Å². The van der Waals surface area contributed by atoms with Gasteiger partial charge in [-0.25, -0.2) is 18.0 Å². The van der Waals surface area contributed by atoms with Crippen molar-refractivity contribution in [3.63, 3.8) is 0 Å². The van der Waals surface area contributed by atoms with Crippen LogP contribution in [0.5, 0.6) is 0 Å². The maximum Gasteiger partial charge on any atom is 0.407 e. The molecular formula is C26H29F3IN3O4. The summed E-state index contributed by atoms with van der Waals surface area (Å²) in [5.41, 5.74) is -4.25. The van der Waals surface area contributed by atoms with E-state index >= 15 is 0 Å². The number of hydrogen-bond donors (Lipinski definition) is 3. The monoisotopic (exact) mass is 631 g/mol. The molecule has 7 nitrogen and oxygen atoms in total. The van der Waals surface area contributed by atoms with Gasteiger partial charge in [0.05, 0.1) is 35.6 Å². The lowest BCUT2D eigenvalue weighted by molar-refractivity contribution is -0.217. The Hall–Kier alpha value is -2.54. The molecule has 2 aliphatic rings. The molecule has 0 unspecified atom stereocenters. The van der Waals surface area contributed by atoms with Crippen molar-refractivity contribution < 1.29 is 33.0 Å². The number of carbonyl (C=O) groups excluding carboxylic acids is 1. The summed E-state index contributed by atoms with van der Waals surface area (Å²) in [7, 11) is 0. The molecule has 0 spiro atoms. The lowest BCUT2D eigenvalue weighted by Crippen LogP contribution is -2.82. The average molecular weight is 631 g/mol. The lowest BCUT2D eigenvalue weighted by Gasteiger charge is -2.66. The maximum atomic E-state index is 14.9. The van der Waals surface area contributed by atoms with E-state index in [0.717, 1.165) is 18.6 Å². The molecule has 1 atom stereocenters. The van der Waals surface area contributed by atoms with Gasteiger partial charge in [0, 0.05) is 10.1 Å². The van der Waals surface area contributed by atoms with Gasteiger partial charge in [0.1, 0.15) is 11.4 Å². The summed E-state index contributed by atoms with van der Waals surface area (Å²) >= 11 is 1.91. The zero-order valence-electron chi connectivity index (χ0n) is 20.7. The number of rotatable bonds is 4. The smallest absolute Gasteiger partial charge is 0.407 e. The second kappa shape index (κ2) is 9.64. The fraction of sp³-hybridized carbons (Fsp3) is 0.462. The van der Waals surface area contributed by atoms with Crippen LogP contribution in [0.1, 0.15) is 50.4 Å². The Morgan fingerprint density at radius 2 is 1.73 bits per heavy atom. The van der Waals surface area contributed by atoms with Crippen molar-refractivity contribution in [2.45, 2.75) is 51.2 Å². The van der Waals surface area contributed by atoms with Gasteiger partial charge >= 0.3 is 6.09 Å². The van der Waals surface area contributed by atoms with Gasteiger partial charge in [-0.15, -0.1) is 0 Å². The molecule has 200 valence electrons. The van der Waals surface area contributed by atoms with Gasteiger partial charge in [-0.3, -0.25) is 9.69 Å².